The van der Waals surface area contributed by atoms with Crippen LogP contribution in [0.1, 0.15) is 22.5 Å². The Labute approximate surface area is 143 Å². The second-order valence-corrected chi connectivity index (χ2v) is 5.85. The number of hydrogen-bond acceptors (Lipinski definition) is 3. The molecule has 25 heavy (non-hydrogen) atoms. The van der Waals surface area contributed by atoms with Gasteiger partial charge in [-0.25, -0.2) is 9.97 Å². The summed E-state index contributed by atoms with van der Waals surface area (Å²) in [5.41, 5.74) is -2.66. The zero-order valence-electron chi connectivity index (χ0n) is 12.6. The topological polar surface area (TPSA) is 29.0 Å². The maximum Gasteiger partial charge on any atom is 0.418 e. The van der Waals surface area contributed by atoms with Crippen molar-refractivity contribution in [2.24, 2.45) is 0 Å². The predicted octanol–water partition coefficient (Wildman–Crippen LogP) is 5.17. The Morgan fingerprint density at radius 1 is 1.04 bits per heavy atom. The average molecular weight is 382 g/mol. The van der Waals surface area contributed by atoms with Crippen LogP contribution in [0.5, 0.6) is 0 Å². The lowest BCUT2D eigenvalue weighted by Crippen LogP contribution is -2.21. The highest BCUT2D eigenvalue weighted by molar-refractivity contribution is 6.30. The van der Waals surface area contributed by atoms with Gasteiger partial charge in [0, 0.05) is 12.1 Å². The second kappa shape index (κ2) is 5.76. The molecule has 2 aromatic rings. The molecule has 0 amide bonds. The third kappa shape index (κ3) is 3.24. The van der Waals surface area contributed by atoms with Gasteiger partial charge < -0.3 is 4.90 Å². The van der Waals surface area contributed by atoms with Crippen LogP contribution in [0.25, 0.3) is 0 Å². The van der Waals surface area contributed by atoms with Gasteiger partial charge in [0.15, 0.2) is 0 Å². The van der Waals surface area contributed by atoms with Gasteiger partial charge in [0.25, 0.3) is 0 Å². The standard InChI is InChI=1S/C15H10ClF6N3/c1-7-23-12(16)9-4-5-25(13(9)24-7)11-3-2-8(14(17,18)19)6-10(11)15(20,21)22/h2-3,6H,4-5H2,1H3. The maximum atomic E-state index is 13.4. The quantitative estimate of drug-likeness (QED) is 0.504. The molecule has 1 aliphatic heterocycles. The van der Waals surface area contributed by atoms with Crippen molar-refractivity contribution < 1.29 is 26.3 Å². The van der Waals surface area contributed by atoms with Gasteiger partial charge in [0.1, 0.15) is 16.8 Å². The van der Waals surface area contributed by atoms with Gasteiger partial charge in [0.05, 0.1) is 16.8 Å². The molecule has 0 N–H and O–H groups in total. The highest BCUT2D eigenvalue weighted by Crippen LogP contribution is 2.44. The molecule has 1 aliphatic rings. The summed E-state index contributed by atoms with van der Waals surface area (Å²) < 4.78 is 78.4. The number of anilines is 2. The number of halogens is 7. The first-order valence-corrected chi connectivity index (χ1v) is 7.45. The normalized spacial score (nSPS) is 14.8. The van der Waals surface area contributed by atoms with Crippen LogP contribution in [0.2, 0.25) is 5.15 Å². The van der Waals surface area contributed by atoms with E-state index in [1.54, 1.807) is 0 Å². The number of alkyl halides is 6. The number of hydrogen-bond donors (Lipinski definition) is 0. The summed E-state index contributed by atoms with van der Waals surface area (Å²) in [6.07, 6.45) is -9.53. The molecule has 1 aromatic heterocycles. The van der Waals surface area contributed by atoms with Gasteiger partial charge >= 0.3 is 12.4 Å². The van der Waals surface area contributed by atoms with Crippen LogP contribution >= 0.6 is 11.6 Å². The number of fused-ring (bicyclic) bond motifs is 1. The molecule has 3 nitrogen and oxygen atoms in total. The molecule has 134 valence electrons. The van der Waals surface area contributed by atoms with Crippen molar-refractivity contribution in [2.45, 2.75) is 25.7 Å². The molecular formula is C15H10ClF6N3. The highest BCUT2D eigenvalue weighted by atomic mass is 35.5. The van der Waals surface area contributed by atoms with E-state index in [9.17, 15) is 26.3 Å². The fourth-order valence-corrected chi connectivity index (χ4v) is 3.03. The molecule has 0 bridgehead atoms. The number of aromatic nitrogens is 2. The molecule has 0 saturated carbocycles. The zero-order valence-corrected chi connectivity index (χ0v) is 13.4. The smallest absolute Gasteiger partial charge is 0.325 e. The Hall–Kier alpha value is -2.03. The van der Waals surface area contributed by atoms with Gasteiger partial charge in [-0.2, -0.15) is 26.3 Å². The van der Waals surface area contributed by atoms with Crippen LogP contribution in [0.15, 0.2) is 18.2 Å². The molecule has 0 spiro atoms. The lowest BCUT2D eigenvalue weighted by atomic mass is 10.1. The minimum absolute atomic E-state index is 0.113. The molecule has 0 unspecified atom stereocenters. The summed E-state index contributed by atoms with van der Waals surface area (Å²) in [5, 5.41) is 0.130. The molecule has 0 aliphatic carbocycles. The molecule has 10 heteroatoms. The van der Waals surface area contributed by atoms with E-state index in [2.05, 4.69) is 9.97 Å². The largest absolute Gasteiger partial charge is 0.418 e. The first kappa shape index (κ1) is 17.8. The van der Waals surface area contributed by atoms with E-state index in [0.29, 0.717) is 18.1 Å². The SMILES string of the molecule is Cc1nc(Cl)c2c(n1)N(c1ccc(C(F)(F)F)cc1C(F)(F)F)CC2. The second-order valence-electron chi connectivity index (χ2n) is 5.49. The van der Waals surface area contributed by atoms with E-state index in [1.807, 2.05) is 0 Å². The van der Waals surface area contributed by atoms with Crippen molar-refractivity contribution in [1.29, 1.82) is 0 Å². The number of benzene rings is 1. The van der Waals surface area contributed by atoms with Crippen molar-refractivity contribution >= 4 is 23.1 Å². The first-order valence-electron chi connectivity index (χ1n) is 7.07. The highest BCUT2D eigenvalue weighted by Gasteiger charge is 2.40. The van der Waals surface area contributed by atoms with Gasteiger partial charge in [-0.3, -0.25) is 0 Å². The number of nitrogens with zero attached hydrogens (tertiary/aromatic N) is 3. The fraction of sp³-hybridized carbons (Fsp3) is 0.333. The van der Waals surface area contributed by atoms with E-state index < -0.39 is 29.2 Å². The molecule has 2 heterocycles. The van der Waals surface area contributed by atoms with Gasteiger partial charge in [0.2, 0.25) is 0 Å². The van der Waals surface area contributed by atoms with Crippen LogP contribution in [0.3, 0.4) is 0 Å². The van der Waals surface area contributed by atoms with Crippen LogP contribution in [-0.4, -0.2) is 16.5 Å². The summed E-state index contributed by atoms with van der Waals surface area (Å²) in [5.74, 6) is 0.443. The Balaban J connectivity index is 2.17. The van der Waals surface area contributed by atoms with E-state index in [4.69, 9.17) is 11.6 Å². The van der Waals surface area contributed by atoms with Crippen LogP contribution in [0.4, 0.5) is 37.8 Å². The molecule has 0 radical (unpaired) electrons. The molecular weight excluding hydrogens is 372 g/mol. The molecule has 3 rings (SSSR count). The number of aryl methyl sites for hydroxylation is 1. The number of rotatable bonds is 1. The Bertz CT molecular complexity index is 831. The Kier molecular flexibility index (Phi) is 4.09. The van der Waals surface area contributed by atoms with Crippen molar-refractivity contribution in [3.63, 3.8) is 0 Å². The fourth-order valence-electron chi connectivity index (χ4n) is 2.72. The molecule has 1 aromatic carbocycles. The maximum absolute atomic E-state index is 13.4. The average Bonchev–Trinajstić information content (AvgIpc) is 2.88. The third-order valence-corrected chi connectivity index (χ3v) is 4.12. The third-order valence-electron chi connectivity index (χ3n) is 3.81. The lowest BCUT2D eigenvalue weighted by molar-refractivity contribution is -0.142. The van der Waals surface area contributed by atoms with Crippen LogP contribution in [-0.2, 0) is 18.8 Å². The van der Waals surface area contributed by atoms with Gasteiger partial charge in [-0.1, -0.05) is 11.6 Å². The zero-order chi connectivity index (χ0) is 18.6. The van der Waals surface area contributed by atoms with Crippen LogP contribution in [0, 0.1) is 6.92 Å². The molecule has 0 atom stereocenters. The minimum Gasteiger partial charge on any atom is -0.325 e. The minimum atomic E-state index is -4.95. The molecule has 0 fully saturated rings. The van der Waals surface area contributed by atoms with Crippen molar-refractivity contribution in [1.82, 2.24) is 9.97 Å². The Morgan fingerprint density at radius 2 is 1.72 bits per heavy atom. The Morgan fingerprint density at radius 3 is 2.32 bits per heavy atom. The van der Waals surface area contributed by atoms with Crippen molar-refractivity contribution in [3.8, 4) is 0 Å². The van der Waals surface area contributed by atoms with E-state index >= 15 is 0 Å². The summed E-state index contributed by atoms with van der Waals surface area (Å²) in [4.78, 5) is 9.28. The van der Waals surface area contributed by atoms with E-state index in [0.717, 1.165) is 6.07 Å². The van der Waals surface area contributed by atoms with Gasteiger partial charge in [-0.15, -0.1) is 0 Å². The van der Waals surface area contributed by atoms with E-state index in [1.165, 1.54) is 11.8 Å². The summed E-state index contributed by atoms with van der Waals surface area (Å²) in [6.45, 7) is 1.64. The first-order chi connectivity index (χ1) is 11.5. The summed E-state index contributed by atoms with van der Waals surface area (Å²) in [6, 6.07) is 1.55. The summed E-state index contributed by atoms with van der Waals surface area (Å²) in [7, 11) is 0. The van der Waals surface area contributed by atoms with Crippen molar-refractivity contribution in [3.05, 3.63) is 45.9 Å². The van der Waals surface area contributed by atoms with Crippen molar-refractivity contribution in [2.75, 3.05) is 11.4 Å². The summed E-state index contributed by atoms with van der Waals surface area (Å²) >= 11 is 5.99. The van der Waals surface area contributed by atoms with Crippen LogP contribution < -0.4 is 4.90 Å². The van der Waals surface area contributed by atoms with Gasteiger partial charge in [-0.05, 0) is 31.5 Å². The monoisotopic (exact) mass is 381 g/mol. The predicted molar refractivity (Wildman–Crippen MR) is 78.9 cm³/mol. The lowest BCUT2D eigenvalue weighted by Gasteiger charge is -2.24. The molecule has 0 saturated heterocycles. The van der Waals surface area contributed by atoms with E-state index in [-0.39, 0.29) is 29.4 Å².